The standard InChI is InChI=1S/C22H15ClN4O5/c23-15-6-8-17(18(11-15)27(29)30)19-9-7-16(32-19)12-25-26-21(28)13-31-20-5-1-3-14-4-2-10-24-22(14)20/h1-12H,13H2,(H,26,28)/b25-12-. The van der Waals surface area contributed by atoms with Gasteiger partial charge in [-0.15, -0.1) is 0 Å². The van der Waals surface area contributed by atoms with Gasteiger partial charge in [-0.2, -0.15) is 5.10 Å². The molecule has 32 heavy (non-hydrogen) atoms. The average Bonchev–Trinajstić information content (AvgIpc) is 3.26. The van der Waals surface area contributed by atoms with Crippen LogP contribution in [0.25, 0.3) is 22.2 Å². The van der Waals surface area contributed by atoms with Crippen molar-refractivity contribution in [2.24, 2.45) is 5.10 Å². The van der Waals surface area contributed by atoms with Gasteiger partial charge in [-0.3, -0.25) is 19.9 Å². The van der Waals surface area contributed by atoms with Crippen molar-refractivity contribution in [3.05, 3.63) is 87.8 Å². The van der Waals surface area contributed by atoms with E-state index in [1.54, 1.807) is 24.4 Å². The molecule has 0 aliphatic rings. The van der Waals surface area contributed by atoms with E-state index in [9.17, 15) is 14.9 Å². The summed E-state index contributed by atoms with van der Waals surface area (Å²) in [6.45, 7) is -0.257. The molecule has 1 amide bonds. The summed E-state index contributed by atoms with van der Waals surface area (Å²) in [6, 6.07) is 16.6. The minimum atomic E-state index is -0.539. The van der Waals surface area contributed by atoms with E-state index in [1.165, 1.54) is 24.4 Å². The molecule has 0 saturated heterocycles. The number of benzene rings is 2. The van der Waals surface area contributed by atoms with E-state index in [0.29, 0.717) is 17.0 Å². The van der Waals surface area contributed by atoms with Crippen LogP contribution in [0.4, 0.5) is 5.69 Å². The summed E-state index contributed by atoms with van der Waals surface area (Å²) in [7, 11) is 0. The summed E-state index contributed by atoms with van der Waals surface area (Å²) in [4.78, 5) is 27.0. The molecule has 0 aliphatic heterocycles. The fourth-order valence-corrected chi connectivity index (χ4v) is 3.13. The zero-order chi connectivity index (χ0) is 22.5. The molecule has 0 atom stereocenters. The van der Waals surface area contributed by atoms with Crippen molar-refractivity contribution in [2.45, 2.75) is 0 Å². The molecular formula is C22H15ClN4O5. The van der Waals surface area contributed by atoms with Crippen LogP contribution in [0.2, 0.25) is 5.02 Å². The number of nitro benzene ring substituents is 1. The van der Waals surface area contributed by atoms with Crippen LogP contribution in [0.15, 0.2) is 76.4 Å². The fraction of sp³-hybridized carbons (Fsp3) is 0.0455. The number of pyridine rings is 1. The highest BCUT2D eigenvalue weighted by molar-refractivity contribution is 6.30. The van der Waals surface area contributed by atoms with Crippen LogP contribution in [0.1, 0.15) is 5.76 Å². The van der Waals surface area contributed by atoms with E-state index in [1.807, 2.05) is 24.3 Å². The van der Waals surface area contributed by atoms with E-state index in [-0.39, 0.29) is 28.6 Å². The summed E-state index contributed by atoms with van der Waals surface area (Å²) in [6.07, 6.45) is 2.93. The van der Waals surface area contributed by atoms with Crippen molar-refractivity contribution >= 4 is 40.3 Å². The molecule has 0 unspecified atom stereocenters. The summed E-state index contributed by atoms with van der Waals surface area (Å²) < 4.78 is 11.1. The number of para-hydroxylation sites is 1. The first kappa shape index (κ1) is 21.0. The number of furan rings is 1. The second kappa shape index (κ2) is 9.27. The lowest BCUT2D eigenvalue weighted by Gasteiger charge is -2.07. The number of hydrogen-bond acceptors (Lipinski definition) is 7. The number of carbonyl (C=O) groups is 1. The van der Waals surface area contributed by atoms with Crippen LogP contribution in [0, 0.1) is 10.1 Å². The number of ether oxygens (including phenoxy) is 1. The van der Waals surface area contributed by atoms with E-state index in [2.05, 4.69) is 15.5 Å². The number of nitrogens with one attached hydrogen (secondary N) is 1. The Labute approximate surface area is 186 Å². The Morgan fingerprint density at radius 2 is 2.06 bits per heavy atom. The van der Waals surface area contributed by atoms with Crippen molar-refractivity contribution in [1.82, 2.24) is 10.4 Å². The monoisotopic (exact) mass is 450 g/mol. The maximum Gasteiger partial charge on any atom is 0.281 e. The lowest BCUT2D eigenvalue weighted by atomic mass is 10.1. The molecule has 0 saturated carbocycles. The second-order valence-electron chi connectivity index (χ2n) is 6.53. The number of nitro groups is 1. The Hall–Kier alpha value is -4.24. The number of aromatic nitrogens is 1. The van der Waals surface area contributed by atoms with Crippen molar-refractivity contribution in [3.63, 3.8) is 0 Å². The van der Waals surface area contributed by atoms with Gasteiger partial charge in [0.25, 0.3) is 11.6 Å². The predicted octanol–water partition coefficient (Wildman–Crippen LogP) is 4.59. The number of nitrogens with zero attached hydrogens (tertiary/aromatic N) is 3. The topological polar surface area (TPSA) is 120 Å². The molecule has 160 valence electrons. The van der Waals surface area contributed by atoms with Gasteiger partial charge in [-0.25, -0.2) is 5.43 Å². The average molecular weight is 451 g/mol. The highest BCUT2D eigenvalue weighted by Crippen LogP contribution is 2.33. The Morgan fingerprint density at radius 3 is 2.91 bits per heavy atom. The molecule has 0 bridgehead atoms. The Morgan fingerprint density at radius 1 is 1.22 bits per heavy atom. The van der Waals surface area contributed by atoms with Crippen LogP contribution < -0.4 is 10.2 Å². The van der Waals surface area contributed by atoms with Gasteiger partial charge >= 0.3 is 0 Å². The summed E-state index contributed by atoms with van der Waals surface area (Å²) >= 11 is 5.84. The van der Waals surface area contributed by atoms with E-state index < -0.39 is 10.8 Å². The molecule has 2 aromatic carbocycles. The first-order valence-corrected chi connectivity index (χ1v) is 9.71. The third-order valence-corrected chi connectivity index (χ3v) is 4.62. The quantitative estimate of drug-likeness (QED) is 0.250. The third kappa shape index (κ3) is 4.73. The number of carbonyl (C=O) groups excluding carboxylic acids is 1. The van der Waals surface area contributed by atoms with Crippen molar-refractivity contribution in [2.75, 3.05) is 6.61 Å². The number of hydrogen-bond donors (Lipinski definition) is 1. The normalized spacial score (nSPS) is 11.0. The van der Waals surface area contributed by atoms with E-state index in [4.69, 9.17) is 20.8 Å². The minimum absolute atomic E-state index is 0.177. The molecule has 9 nitrogen and oxygen atoms in total. The smallest absolute Gasteiger partial charge is 0.281 e. The molecule has 1 N–H and O–H groups in total. The zero-order valence-electron chi connectivity index (χ0n) is 16.4. The molecule has 0 fully saturated rings. The molecule has 10 heteroatoms. The second-order valence-corrected chi connectivity index (χ2v) is 6.97. The first-order chi connectivity index (χ1) is 15.5. The van der Waals surface area contributed by atoms with E-state index in [0.717, 1.165) is 5.39 Å². The van der Waals surface area contributed by atoms with Gasteiger partial charge in [0.2, 0.25) is 0 Å². The van der Waals surface area contributed by atoms with Gasteiger partial charge in [0, 0.05) is 22.7 Å². The number of hydrazone groups is 1. The first-order valence-electron chi connectivity index (χ1n) is 9.34. The molecule has 2 heterocycles. The molecule has 0 radical (unpaired) electrons. The fourth-order valence-electron chi connectivity index (χ4n) is 2.97. The minimum Gasteiger partial charge on any atom is -0.481 e. The summed E-state index contributed by atoms with van der Waals surface area (Å²) in [5.74, 6) is 0.577. The zero-order valence-corrected chi connectivity index (χ0v) is 17.2. The summed E-state index contributed by atoms with van der Waals surface area (Å²) in [5, 5.41) is 16.2. The lowest BCUT2D eigenvalue weighted by molar-refractivity contribution is -0.384. The van der Waals surface area contributed by atoms with Crippen molar-refractivity contribution in [3.8, 4) is 17.1 Å². The molecule has 2 aromatic heterocycles. The maximum absolute atomic E-state index is 12.0. The highest BCUT2D eigenvalue weighted by atomic mass is 35.5. The predicted molar refractivity (Wildman–Crippen MR) is 119 cm³/mol. The van der Waals surface area contributed by atoms with Crippen LogP contribution in [0.5, 0.6) is 5.75 Å². The number of halogens is 1. The molecule has 0 spiro atoms. The number of fused-ring (bicyclic) bond motifs is 1. The third-order valence-electron chi connectivity index (χ3n) is 4.38. The number of rotatable bonds is 7. The Bertz CT molecular complexity index is 1330. The van der Waals surface area contributed by atoms with E-state index >= 15 is 0 Å². The van der Waals surface area contributed by atoms with Gasteiger partial charge < -0.3 is 9.15 Å². The lowest BCUT2D eigenvalue weighted by Crippen LogP contribution is -2.24. The van der Waals surface area contributed by atoms with Crippen LogP contribution >= 0.6 is 11.6 Å². The van der Waals surface area contributed by atoms with Gasteiger partial charge in [0.05, 0.1) is 16.7 Å². The Balaban J connectivity index is 1.37. The largest absolute Gasteiger partial charge is 0.481 e. The van der Waals surface area contributed by atoms with Gasteiger partial charge in [0.15, 0.2) is 6.61 Å². The van der Waals surface area contributed by atoms with Crippen LogP contribution in [-0.4, -0.2) is 28.6 Å². The van der Waals surface area contributed by atoms with Crippen LogP contribution in [0.3, 0.4) is 0 Å². The van der Waals surface area contributed by atoms with Crippen LogP contribution in [-0.2, 0) is 4.79 Å². The number of amides is 1. The van der Waals surface area contributed by atoms with Crippen molar-refractivity contribution < 1.29 is 18.9 Å². The van der Waals surface area contributed by atoms with Crippen molar-refractivity contribution in [1.29, 1.82) is 0 Å². The molecule has 4 aromatic rings. The SMILES string of the molecule is O=C(COc1cccc2cccnc12)N/N=C\c1ccc(-c2ccc(Cl)cc2[N+](=O)[O-])o1. The Kier molecular flexibility index (Phi) is 6.09. The van der Waals surface area contributed by atoms with Gasteiger partial charge in [-0.05, 0) is 36.4 Å². The molecular weight excluding hydrogens is 436 g/mol. The molecule has 0 aliphatic carbocycles. The van der Waals surface area contributed by atoms with Gasteiger partial charge in [0.1, 0.15) is 22.8 Å². The molecule has 4 rings (SSSR count). The maximum atomic E-state index is 12.0. The summed E-state index contributed by atoms with van der Waals surface area (Å²) in [5.41, 5.74) is 3.09. The van der Waals surface area contributed by atoms with Gasteiger partial charge in [-0.1, -0.05) is 29.8 Å². The highest BCUT2D eigenvalue weighted by Gasteiger charge is 2.18.